The number of nitrogens with zero attached hydrogens (tertiary/aromatic N) is 1. The van der Waals surface area contributed by atoms with Gasteiger partial charge in [0, 0.05) is 41.6 Å². The summed E-state index contributed by atoms with van der Waals surface area (Å²) in [5, 5.41) is 26.7. The van der Waals surface area contributed by atoms with Crippen molar-refractivity contribution in [2.75, 3.05) is 26.4 Å². The summed E-state index contributed by atoms with van der Waals surface area (Å²) in [6, 6.07) is 28.1. The Balaban J connectivity index is 1.41. The number of rotatable bonds is 18. The minimum absolute atomic E-state index is 0.0666. The van der Waals surface area contributed by atoms with Crippen molar-refractivity contribution >= 4 is 34.5 Å². The molecular weight excluding hydrogens is 711 g/mol. The molecule has 0 bridgehead atoms. The van der Waals surface area contributed by atoms with Crippen LogP contribution in [0.2, 0.25) is 0 Å². The van der Waals surface area contributed by atoms with Gasteiger partial charge < -0.3 is 29.3 Å². The summed E-state index contributed by atoms with van der Waals surface area (Å²) in [6.07, 6.45) is 10.6. The lowest BCUT2D eigenvalue weighted by molar-refractivity contribution is -0.223. The van der Waals surface area contributed by atoms with E-state index in [1.165, 1.54) is 10.8 Å². The summed E-state index contributed by atoms with van der Waals surface area (Å²) >= 11 is 1.75. The van der Waals surface area contributed by atoms with Gasteiger partial charge in [0.2, 0.25) is 5.79 Å². The van der Waals surface area contributed by atoms with Crippen molar-refractivity contribution in [3.63, 3.8) is 0 Å². The smallest absolute Gasteiger partial charge is 0.231 e. The molecule has 1 fully saturated rings. The number of hydrogen-bond acceptors (Lipinski definition) is 9. The predicted octanol–water partition coefficient (Wildman–Crippen LogP) is 9.89. The first-order chi connectivity index (χ1) is 27.0. The van der Waals surface area contributed by atoms with Crippen molar-refractivity contribution in [1.29, 1.82) is 0 Å². The SMILES string of the molecule is C=CCOC12Oc3ccc(Oc4cccc(C=O)c4)cc3C3C(CCCCO)C(CCCCO)C=C(C(=NOCC)CC1Sc1ccc4ccccc4c1)C32. The second-order valence-corrected chi connectivity index (χ2v) is 15.9. The monoisotopic (exact) mass is 761 g/mol. The van der Waals surface area contributed by atoms with Crippen molar-refractivity contribution in [3.05, 3.63) is 120 Å². The van der Waals surface area contributed by atoms with Crippen LogP contribution in [-0.2, 0) is 9.57 Å². The van der Waals surface area contributed by atoms with Crippen molar-refractivity contribution in [2.45, 2.75) is 73.7 Å². The molecule has 0 spiro atoms. The molecule has 4 aromatic carbocycles. The molecular formula is C46H51NO7S. The van der Waals surface area contributed by atoms with E-state index >= 15 is 0 Å². The molecule has 0 saturated heterocycles. The lowest BCUT2D eigenvalue weighted by atomic mass is 9.56. The molecule has 0 radical (unpaired) electrons. The number of carbonyl (C=O) groups is 1. The first kappa shape index (κ1) is 38.8. The fraction of sp³-hybridized carbons (Fsp3) is 0.391. The Morgan fingerprint density at radius 1 is 0.927 bits per heavy atom. The van der Waals surface area contributed by atoms with Crippen molar-refractivity contribution in [3.8, 4) is 17.2 Å². The Bertz CT molecular complexity index is 2030. The fourth-order valence-electron chi connectivity index (χ4n) is 8.82. The van der Waals surface area contributed by atoms with Crippen molar-refractivity contribution < 1.29 is 34.1 Å². The molecule has 6 unspecified atom stereocenters. The van der Waals surface area contributed by atoms with Gasteiger partial charge in [0.25, 0.3) is 0 Å². The van der Waals surface area contributed by atoms with Crippen LogP contribution in [0.1, 0.15) is 73.7 Å². The van der Waals surface area contributed by atoms with Gasteiger partial charge in [0.05, 0.1) is 23.5 Å². The number of carbonyl (C=O) groups excluding carboxylic acids is 1. The normalized spacial score (nSPS) is 24.7. The van der Waals surface area contributed by atoms with Crippen LogP contribution in [0.4, 0.5) is 0 Å². The molecule has 4 aromatic rings. The molecule has 2 aliphatic carbocycles. The van der Waals surface area contributed by atoms with Crippen LogP contribution < -0.4 is 9.47 Å². The second kappa shape index (κ2) is 18.0. The Morgan fingerprint density at radius 3 is 2.51 bits per heavy atom. The van der Waals surface area contributed by atoms with Gasteiger partial charge in [-0.15, -0.1) is 18.3 Å². The lowest BCUT2D eigenvalue weighted by Gasteiger charge is -2.58. The minimum atomic E-state index is -1.09. The maximum Gasteiger partial charge on any atom is 0.231 e. The van der Waals surface area contributed by atoms with Gasteiger partial charge >= 0.3 is 0 Å². The highest BCUT2D eigenvalue weighted by Crippen LogP contribution is 2.63. The van der Waals surface area contributed by atoms with Gasteiger partial charge in [-0.3, -0.25) is 4.79 Å². The third-order valence-electron chi connectivity index (χ3n) is 11.2. The van der Waals surface area contributed by atoms with E-state index in [1.54, 1.807) is 30.0 Å². The van der Waals surface area contributed by atoms with E-state index in [1.807, 2.05) is 31.2 Å². The van der Waals surface area contributed by atoms with E-state index in [2.05, 4.69) is 61.2 Å². The van der Waals surface area contributed by atoms with Gasteiger partial charge in [-0.2, -0.15) is 0 Å². The standard InChI is InChI=1S/C46H51NO7S/c1-3-24-51-46-43(55-37-20-18-32-13-5-6-14-33(32)26-37)29-41(47-52-4-2)39-27-34(15-7-9-22-48)38(17-8-10-23-49)44(45(39)46)40-28-36(19-21-42(40)54-46)53-35-16-11-12-31(25-35)30-50/h3,5-6,11-14,16,18-21,25-28,30,34,38,43-45,48-49H,1,4,7-10,15,17,22-24,29H2,2H3. The molecule has 0 amide bonds. The van der Waals surface area contributed by atoms with Crippen molar-refractivity contribution in [1.82, 2.24) is 0 Å². The molecule has 9 heteroatoms. The Labute approximate surface area is 328 Å². The number of fused-ring (bicyclic) bond motifs is 3. The molecule has 0 aromatic heterocycles. The maximum absolute atomic E-state index is 11.6. The zero-order valence-corrected chi connectivity index (χ0v) is 32.3. The van der Waals surface area contributed by atoms with E-state index in [-0.39, 0.29) is 42.1 Å². The summed E-state index contributed by atoms with van der Waals surface area (Å²) < 4.78 is 20.8. The molecule has 1 aliphatic heterocycles. The Kier molecular flexibility index (Phi) is 12.7. The van der Waals surface area contributed by atoms with Crippen LogP contribution in [0.15, 0.2) is 119 Å². The average Bonchev–Trinajstić information content (AvgIpc) is 3.21. The van der Waals surface area contributed by atoms with Gasteiger partial charge in [-0.05, 0) is 103 Å². The molecule has 6 atom stereocenters. The molecule has 3 aliphatic rings. The quantitative estimate of drug-likeness (QED) is 0.0447. The summed E-state index contributed by atoms with van der Waals surface area (Å²) in [5.41, 5.74) is 3.56. The summed E-state index contributed by atoms with van der Waals surface area (Å²) in [7, 11) is 0. The first-order valence-electron chi connectivity index (χ1n) is 19.6. The van der Waals surface area contributed by atoms with E-state index in [4.69, 9.17) is 24.2 Å². The topological polar surface area (TPSA) is 107 Å². The third kappa shape index (κ3) is 8.26. The highest BCUT2D eigenvalue weighted by atomic mass is 32.2. The zero-order valence-electron chi connectivity index (χ0n) is 31.5. The van der Waals surface area contributed by atoms with Gasteiger partial charge in [0.1, 0.15) is 30.1 Å². The van der Waals surface area contributed by atoms with Crippen LogP contribution in [0, 0.1) is 17.8 Å². The third-order valence-corrected chi connectivity index (χ3v) is 12.5. The molecule has 7 rings (SSSR count). The second-order valence-electron chi connectivity index (χ2n) is 14.6. The summed E-state index contributed by atoms with van der Waals surface area (Å²) in [6.45, 7) is 7.02. The minimum Gasteiger partial charge on any atom is -0.460 e. The molecule has 8 nitrogen and oxygen atoms in total. The average molecular weight is 762 g/mol. The number of aliphatic hydroxyl groups is 2. The number of aliphatic hydroxyl groups excluding tert-OH is 2. The maximum atomic E-state index is 11.6. The highest BCUT2D eigenvalue weighted by Gasteiger charge is 2.64. The summed E-state index contributed by atoms with van der Waals surface area (Å²) in [4.78, 5) is 18.5. The van der Waals surface area contributed by atoms with Gasteiger partial charge in [-0.1, -0.05) is 72.6 Å². The molecule has 1 heterocycles. The number of thioether (sulfide) groups is 1. The lowest BCUT2D eigenvalue weighted by Crippen LogP contribution is -2.64. The van der Waals surface area contributed by atoms with Crippen LogP contribution in [0.25, 0.3) is 10.8 Å². The van der Waals surface area contributed by atoms with Crippen LogP contribution in [0.3, 0.4) is 0 Å². The van der Waals surface area contributed by atoms with E-state index in [0.29, 0.717) is 43.1 Å². The fourth-order valence-corrected chi connectivity index (χ4v) is 10.2. The first-order valence-corrected chi connectivity index (χ1v) is 20.5. The number of oxime groups is 1. The van der Waals surface area contributed by atoms with Gasteiger partial charge in [-0.25, -0.2) is 0 Å². The Morgan fingerprint density at radius 2 is 1.73 bits per heavy atom. The number of unbranched alkanes of at least 4 members (excludes halogenated alkanes) is 2. The van der Waals surface area contributed by atoms with E-state index < -0.39 is 5.79 Å². The van der Waals surface area contributed by atoms with Crippen LogP contribution in [-0.4, -0.2) is 59.7 Å². The number of allylic oxidation sites excluding steroid dienone is 1. The van der Waals surface area contributed by atoms with Crippen LogP contribution >= 0.6 is 11.8 Å². The number of ether oxygens (including phenoxy) is 3. The number of hydrogen-bond donors (Lipinski definition) is 2. The number of benzene rings is 4. The van der Waals surface area contributed by atoms with Gasteiger partial charge in [0.15, 0.2) is 0 Å². The Hall–Kier alpha value is -4.41. The number of aldehydes is 1. The predicted molar refractivity (Wildman–Crippen MR) is 218 cm³/mol. The molecule has 1 saturated carbocycles. The van der Waals surface area contributed by atoms with E-state index in [0.717, 1.165) is 65.9 Å². The molecule has 55 heavy (non-hydrogen) atoms. The zero-order chi connectivity index (χ0) is 38.2. The largest absolute Gasteiger partial charge is 0.460 e. The molecule has 2 N–H and O–H groups in total. The highest BCUT2D eigenvalue weighted by molar-refractivity contribution is 8.00. The molecule has 288 valence electrons. The van der Waals surface area contributed by atoms with E-state index in [9.17, 15) is 15.0 Å². The van der Waals surface area contributed by atoms with Crippen LogP contribution in [0.5, 0.6) is 17.2 Å². The van der Waals surface area contributed by atoms with Crippen molar-refractivity contribution in [2.24, 2.45) is 22.9 Å². The summed E-state index contributed by atoms with van der Waals surface area (Å²) in [5.74, 6) is 0.895.